The fraction of sp³-hybridized carbons (Fsp3) is 0.561. The summed E-state index contributed by atoms with van der Waals surface area (Å²) in [5.74, 6) is -0.514. The molecule has 1 atom stereocenters. The minimum absolute atomic E-state index is 0.0212. The van der Waals surface area contributed by atoms with Crippen molar-refractivity contribution < 1.29 is 27.5 Å². The van der Waals surface area contributed by atoms with Gasteiger partial charge in [0.05, 0.1) is 11.7 Å². The maximum absolute atomic E-state index is 13.6. The molecule has 4 rings (SSSR count). The van der Waals surface area contributed by atoms with Gasteiger partial charge in [-0.25, -0.2) is 22.9 Å². The third-order valence-electron chi connectivity index (χ3n) is 9.07. The molecule has 52 heavy (non-hydrogen) atoms. The molecule has 1 aliphatic rings. The Kier molecular flexibility index (Phi) is 14.0. The van der Waals surface area contributed by atoms with E-state index in [1.165, 1.54) is 88.2 Å². The molecule has 0 bridgehead atoms. The van der Waals surface area contributed by atoms with Crippen LogP contribution in [0.5, 0.6) is 0 Å². The Morgan fingerprint density at radius 1 is 0.865 bits per heavy atom. The van der Waals surface area contributed by atoms with Gasteiger partial charge in [0.15, 0.2) is 0 Å². The molecule has 0 radical (unpaired) electrons. The second kappa shape index (κ2) is 17.8. The Balaban J connectivity index is 1.60. The van der Waals surface area contributed by atoms with Crippen LogP contribution in [0.25, 0.3) is 0 Å². The minimum atomic E-state index is -4.01. The van der Waals surface area contributed by atoms with Crippen molar-refractivity contribution in [1.82, 2.24) is 14.7 Å². The van der Waals surface area contributed by atoms with Crippen LogP contribution in [0.3, 0.4) is 0 Å². The molecule has 1 amide bonds. The van der Waals surface area contributed by atoms with E-state index in [1.807, 2.05) is 0 Å². The number of anilines is 1. The number of rotatable bonds is 18. The number of benzene rings is 1. The number of nitrogens with zero attached hydrogens (tertiary/aromatic N) is 3. The van der Waals surface area contributed by atoms with Crippen LogP contribution in [0.4, 0.5) is 10.6 Å². The highest BCUT2D eigenvalue weighted by atomic mass is 32.2. The number of aromatic nitrogens is 2. The lowest BCUT2D eigenvalue weighted by Gasteiger charge is -2.28. The standard InChI is InChI=1S/C41H58N4O6S/c1-8-9-10-11-12-13-14-24-41(25-26-41)32-22-20-31(21-23-32)28-35(44-52(48,49)33-17-16-27-42-29-33)34-18-15-19-36(43-34)45(38(47)51-40(5,6)7)30-37(46)50-39(2,3)4/h15-23,27,29,35,44H,8-14,24-26,28,30H2,1-7H3. The molecule has 0 aliphatic heterocycles. The molecular formula is C41H58N4O6S. The van der Waals surface area contributed by atoms with Crippen molar-refractivity contribution in [1.29, 1.82) is 0 Å². The van der Waals surface area contributed by atoms with Crippen molar-refractivity contribution in [2.45, 2.75) is 147 Å². The Hall–Kier alpha value is -3.83. The fourth-order valence-electron chi connectivity index (χ4n) is 6.30. The van der Waals surface area contributed by atoms with E-state index in [-0.39, 0.29) is 16.1 Å². The topological polar surface area (TPSA) is 128 Å². The number of hydrogen-bond acceptors (Lipinski definition) is 8. The van der Waals surface area contributed by atoms with Gasteiger partial charge in [-0.15, -0.1) is 0 Å². The normalized spacial score (nSPS) is 14.8. The Morgan fingerprint density at radius 2 is 1.52 bits per heavy atom. The molecule has 1 unspecified atom stereocenters. The fourth-order valence-corrected chi connectivity index (χ4v) is 7.47. The first-order valence-electron chi connectivity index (χ1n) is 18.7. The van der Waals surface area contributed by atoms with E-state index in [9.17, 15) is 18.0 Å². The molecule has 1 fully saturated rings. The monoisotopic (exact) mass is 734 g/mol. The Labute approximate surface area is 311 Å². The predicted octanol–water partition coefficient (Wildman–Crippen LogP) is 8.99. The lowest BCUT2D eigenvalue weighted by molar-refractivity contribution is -0.153. The van der Waals surface area contributed by atoms with Gasteiger partial charge in [0.25, 0.3) is 0 Å². The number of carbonyl (C=O) groups is 2. The van der Waals surface area contributed by atoms with Crippen molar-refractivity contribution in [3.8, 4) is 0 Å². The van der Waals surface area contributed by atoms with Gasteiger partial charge in [0.2, 0.25) is 10.0 Å². The van der Waals surface area contributed by atoms with Crippen molar-refractivity contribution >= 4 is 27.9 Å². The van der Waals surface area contributed by atoms with Crippen LogP contribution < -0.4 is 9.62 Å². The highest BCUT2D eigenvalue weighted by Gasteiger charge is 2.43. The summed E-state index contributed by atoms with van der Waals surface area (Å²) < 4.78 is 41.3. The van der Waals surface area contributed by atoms with E-state index in [4.69, 9.17) is 14.5 Å². The average molecular weight is 735 g/mol. The number of amides is 1. The molecule has 1 N–H and O–H groups in total. The van der Waals surface area contributed by atoms with Crippen LogP contribution in [0.1, 0.15) is 136 Å². The minimum Gasteiger partial charge on any atom is -0.459 e. The molecule has 2 heterocycles. The number of carbonyl (C=O) groups excluding carboxylic acids is 2. The maximum atomic E-state index is 13.6. The summed E-state index contributed by atoms with van der Waals surface area (Å²) in [5.41, 5.74) is 1.26. The van der Waals surface area contributed by atoms with Gasteiger partial charge < -0.3 is 9.47 Å². The van der Waals surface area contributed by atoms with Crippen LogP contribution in [0, 0.1) is 0 Å². The molecule has 3 aromatic rings. The zero-order valence-corrected chi connectivity index (χ0v) is 32.9. The van der Waals surface area contributed by atoms with Gasteiger partial charge in [0, 0.05) is 12.4 Å². The van der Waals surface area contributed by atoms with Gasteiger partial charge in [-0.05, 0) is 108 Å². The second-order valence-electron chi connectivity index (χ2n) is 16.0. The summed E-state index contributed by atoms with van der Waals surface area (Å²) in [5, 5.41) is 0. The quantitative estimate of drug-likeness (QED) is 0.101. The first-order chi connectivity index (χ1) is 24.5. The van der Waals surface area contributed by atoms with E-state index in [0.717, 1.165) is 10.5 Å². The number of pyridine rings is 2. The first-order valence-corrected chi connectivity index (χ1v) is 20.2. The zero-order valence-electron chi connectivity index (χ0n) is 32.1. The van der Waals surface area contributed by atoms with E-state index in [0.29, 0.717) is 12.1 Å². The van der Waals surface area contributed by atoms with Crippen molar-refractivity contribution in [2.24, 2.45) is 0 Å². The number of esters is 1. The number of hydrogen-bond donors (Lipinski definition) is 1. The molecule has 1 aromatic carbocycles. The van der Waals surface area contributed by atoms with Crippen LogP contribution in [-0.4, -0.2) is 48.2 Å². The third-order valence-corrected chi connectivity index (χ3v) is 10.5. The first kappa shape index (κ1) is 40.9. The van der Waals surface area contributed by atoms with Crippen molar-refractivity contribution in [2.75, 3.05) is 11.4 Å². The van der Waals surface area contributed by atoms with Crippen LogP contribution in [-0.2, 0) is 36.1 Å². The number of nitrogens with one attached hydrogen (secondary N) is 1. The highest BCUT2D eigenvalue weighted by Crippen LogP contribution is 2.52. The molecule has 10 nitrogen and oxygen atoms in total. The van der Waals surface area contributed by atoms with Crippen LogP contribution in [0.15, 0.2) is 71.9 Å². The van der Waals surface area contributed by atoms with E-state index in [2.05, 4.69) is 40.9 Å². The van der Waals surface area contributed by atoms with Gasteiger partial charge in [-0.2, -0.15) is 0 Å². The van der Waals surface area contributed by atoms with Crippen LogP contribution >= 0.6 is 0 Å². The largest absolute Gasteiger partial charge is 0.459 e. The van der Waals surface area contributed by atoms with Gasteiger partial charge in [-0.3, -0.25) is 14.7 Å². The van der Waals surface area contributed by atoms with Gasteiger partial charge in [0.1, 0.15) is 28.5 Å². The summed E-state index contributed by atoms with van der Waals surface area (Å²) in [6.07, 6.45) is 15.0. The summed E-state index contributed by atoms with van der Waals surface area (Å²) in [7, 11) is -4.01. The van der Waals surface area contributed by atoms with Gasteiger partial charge in [-0.1, -0.05) is 82.2 Å². The molecule has 284 valence electrons. The predicted molar refractivity (Wildman–Crippen MR) is 205 cm³/mol. The molecule has 0 saturated heterocycles. The lowest BCUT2D eigenvalue weighted by atomic mass is 9.88. The summed E-state index contributed by atoms with van der Waals surface area (Å²) in [6, 6.07) is 15.7. The summed E-state index contributed by atoms with van der Waals surface area (Å²) in [6.45, 7) is 12.2. The Morgan fingerprint density at radius 3 is 2.12 bits per heavy atom. The Bertz CT molecular complexity index is 1710. The number of ether oxygens (including phenoxy) is 2. The second-order valence-corrected chi connectivity index (χ2v) is 17.7. The molecule has 2 aromatic heterocycles. The van der Waals surface area contributed by atoms with E-state index >= 15 is 0 Å². The summed E-state index contributed by atoms with van der Waals surface area (Å²) >= 11 is 0. The molecule has 0 spiro atoms. The SMILES string of the molecule is CCCCCCCCCC1(c2ccc(CC(NS(=O)(=O)c3cccnc3)c3cccc(N(CC(=O)OC(C)(C)C)C(=O)OC(C)(C)C)n3)cc2)CC1. The molecule has 1 saturated carbocycles. The van der Waals surface area contributed by atoms with Gasteiger partial charge >= 0.3 is 12.1 Å². The zero-order chi connectivity index (χ0) is 38.0. The van der Waals surface area contributed by atoms with E-state index < -0.39 is 45.9 Å². The maximum Gasteiger partial charge on any atom is 0.416 e. The summed E-state index contributed by atoms with van der Waals surface area (Å²) in [4.78, 5) is 36.3. The smallest absolute Gasteiger partial charge is 0.416 e. The number of unbranched alkanes of at least 4 members (excludes halogenated alkanes) is 6. The van der Waals surface area contributed by atoms with E-state index in [1.54, 1.807) is 65.8 Å². The number of sulfonamides is 1. The third kappa shape index (κ3) is 12.7. The molecular weight excluding hydrogens is 677 g/mol. The average Bonchev–Trinajstić information content (AvgIpc) is 3.86. The van der Waals surface area contributed by atoms with Crippen molar-refractivity contribution in [3.05, 3.63) is 83.8 Å². The highest BCUT2D eigenvalue weighted by molar-refractivity contribution is 7.89. The molecule has 11 heteroatoms. The molecule has 1 aliphatic carbocycles. The van der Waals surface area contributed by atoms with Crippen molar-refractivity contribution in [3.63, 3.8) is 0 Å². The van der Waals surface area contributed by atoms with Crippen LogP contribution in [0.2, 0.25) is 0 Å². The lowest BCUT2D eigenvalue weighted by Crippen LogP contribution is -2.42.